The first-order valence-electron chi connectivity index (χ1n) is 3.99. The van der Waals surface area contributed by atoms with Gasteiger partial charge in [0.05, 0.1) is 18.2 Å². The maximum Gasteiger partial charge on any atom is 0.408 e. The second-order valence-electron chi connectivity index (χ2n) is 2.87. The molecule has 0 saturated carbocycles. The first-order valence-corrected chi connectivity index (χ1v) is 3.99. The lowest BCUT2D eigenvalue weighted by Gasteiger charge is -2.22. The first-order chi connectivity index (χ1) is 6.57. The third kappa shape index (κ3) is 1.85. The molecular formula is C8H11NO5. The molecule has 0 aromatic carbocycles. The molecule has 6 heteroatoms. The van der Waals surface area contributed by atoms with Crippen LogP contribution in [0.15, 0.2) is 11.6 Å². The van der Waals surface area contributed by atoms with Crippen molar-refractivity contribution in [1.82, 2.24) is 4.90 Å². The van der Waals surface area contributed by atoms with Gasteiger partial charge in [0.1, 0.15) is 0 Å². The predicted octanol–water partition coefficient (Wildman–Crippen LogP) is 0.00600. The standard InChI is InChI=1S/C8H11NO5/c1-14-4-6-5(7(10)11)2-3-9(6)8(12)13/h2,6H,3-4H2,1H3,(H,10,11)(H,12,13)/t6-/m1/s1. The number of hydrogen-bond donors (Lipinski definition) is 2. The summed E-state index contributed by atoms with van der Waals surface area (Å²) in [6.45, 7) is 0.162. The van der Waals surface area contributed by atoms with Crippen molar-refractivity contribution in [2.24, 2.45) is 0 Å². The van der Waals surface area contributed by atoms with Crippen molar-refractivity contribution >= 4 is 12.1 Å². The van der Waals surface area contributed by atoms with Gasteiger partial charge in [-0.15, -0.1) is 0 Å². The van der Waals surface area contributed by atoms with Crippen LogP contribution in [-0.4, -0.2) is 53.5 Å². The molecule has 1 atom stereocenters. The number of aliphatic carboxylic acids is 1. The molecule has 0 aromatic heterocycles. The van der Waals surface area contributed by atoms with Crippen molar-refractivity contribution in [1.29, 1.82) is 0 Å². The molecular weight excluding hydrogens is 190 g/mol. The highest BCUT2D eigenvalue weighted by Crippen LogP contribution is 2.19. The van der Waals surface area contributed by atoms with Crippen molar-refractivity contribution in [3.05, 3.63) is 11.6 Å². The Balaban J connectivity index is 2.80. The van der Waals surface area contributed by atoms with Crippen molar-refractivity contribution in [2.45, 2.75) is 6.04 Å². The fourth-order valence-corrected chi connectivity index (χ4v) is 1.41. The van der Waals surface area contributed by atoms with Gasteiger partial charge in [-0.3, -0.25) is 4.90 Å². The van der Waals surface area contributed by atoms with Crippen molar-refractivity contribution in [3.8, 4) is 0 Å². The summed E-state index contributed by atoms with van der Waals surface area (Å²) >= 11 is 0. The molecule has 1 aliphatic heterocycles. The average molecular weight is 201 g/mol. The molecule has 78 valence electrons. The van der Waals surface area contributed by atoms with Crippen LogP contribution >= 0.6 is 0 Å². The van der Waals surface area contributed by atoms with E-state index in [2.05, 4.69) is 0 Å². The van der Waals surface area contributed by atoms with Crippen LogP contribution in [0.1, 0.15) is 0 Å². The minimum absolute atomic E-state index is 0.0600. The summed E-state index contributed by atoms with van der Waals surface area (Å²) in [5.41, 5.74) is 0.0780. The third-order valence-electron chi connectivity index (χ3n) is 2.06. The van der Waals surface area contributed by atoms with E-state index < -0.39 is 18.1 Å². The van der Waals surface area contributed by atoms with Gasteiger partial charge in [0.2, 0.25) is 0 Å². The Morgan fingerprint density at radius 1 is 1.64 bits per heavy atom. The number of carboxylic acids is 1. The zero-order valence-electron chi connectivity index (χ0n) is 7.64. The topological polar surface area (TPSA) is 87.1 Å². The van der Waals surface area contributed by atoms with Gasteiger partial charge in [0, 0.05) is 13.7 Å². The number of methoxy groups -OCH3 is 1. The summed E-state index contributed by atoms with van der Waals surface area (Å²) in [5, 5.41) is 17.5. The summed E-state index contributed by atoms with van der Waals surface area (Å²) < 4.78 is 4.78. The van der Waals surface area contributed by atoms with Crippen LogP contribution in [0.2, 0.25) is 0 Å². The second kappa shape index (κ2) is 4.10. The first kappa shape index (κ1) is 10.5. The minimum atomic E-state index is -1.14. The normalized spacial score (nSPS) is 20.8. The van der Waals surface area contributed by atoms with Crippen molar-refractivity contribution in [2.75, 3.05) is 20.3 Å². The zero-order valence-corrected chi connectivity index (χ0v) is 7.64. The highest BCUT2D eigenvalue weighted by atomic mass is 16.5. The van der Waals surface area contributed by atoms with Crippen LogP contribution in [0, 0.1) is 0 Å². The van der Waals surface area contributed by atoms with E-state index in [0.717, 1.165) is 4.90 Å². The Bertz CT molecular complexity index is 285. The largest absolute Gasteiger partial charge is 0.478 e. The number of amides is 1. The number of rotatable bonds is 3. The Morgan fingerprint density at radius 2 is 2.29 bits per heavy atom. The van der Waals surface area contributed by atoms with Gasteiger partial charge in [-0.2, -0.15) is 0 Å². The van der Waals surface area contributed by atoms with Crippen LogP contribution in [-0.2, 0) is 9.53 Å². The van der Waals surface area contributed by atoms with E-state index in [9.17, 15) is 9.59 Å². The van der Waals surface area contributed by atoms with Gasteiger partial charge < -0.3 is 14.9 Å². The summed E-state index contributed by atoms with van der Waals surface area (Å²) in [6.07, 6.45) is 0.250. The number of nitrogens with zero attached hydrogens (tertiary/aromatic N) is 1. The Kier molecular flexibility index (Phi) is 3.08. The molecule has 0 saturated heterocycles. The molecule has 1 heterocycles. The van der Waals surface area contributed by atoms with E-state index in [-0.39, 0.29) is 18.7 Å². The highest BCUT2D eigenvalue weighted by molar-refractivity contribution is 5.90. The van der Waals surface area contributed by atoms with Gasteiger partial charge in [-0.1, -0.05) is 6.08 Å². The SMILES string of the molecule is COC[C@@H]1C(C(=O)O)=CCN1C(=O)O. The van der Waals surface area contributed by atoms with Gasteiger partial charge in [0.15, 0.2) is 0 Å². The maximum atomic E-state index is 10.7. The molecule has 1 aliphatic rings. The Morgan fingerprint density at radius 3 is 2.71 bits per heavy atom. The third-order valence-corrected chi connectivity index (χ3v) is 2.06. The molecule has 6 nitrogen and oxygen atoms in total. The molecule has 2 N–H and O–H groups in total. The molecule has 0 fully saturated rings. The van der Waals surface area contributed by atoms with E-state index >= 15 is 0 Å². The smallest absolute Gasteiger partial charge is 0.408 e. The van der Waals surface area contributed by atoms with Gasteiger partial charge >= 0.3 is 12.1 Å². The molecule has 0 radical (unpaired) electrons. The van der Waals surface area contributed by atoms with E-state index in [0.29, 0.717) is 0 Å². The highest BCUT2D eigenvalue weighted by Gasteiger charge is 2.34. The molecule has 0 unspecified atom stereocenters. The van der Waals surface area contributed by atoms with Crippen LogP contribution < -0.4 is 0 Å². The van der Waals surface area contributed by atoms with E-state index in [1.165, 1.54) is 13.2 Å². The van der Waals surface area contributed by atoms with E-state index in [4.69, 9.17) is 14.9 Å². The number of ether oxygens (including phenoxy) is 1. The Labute approximate surface area is 80.4 Å². The maximum absolute atomic E-state index is 10.7. The lowest BCUT2D eigenvalue weighted by Crippen LogP contribution is -2.40. The van der Waals surface area contributed by atoms with Crippen molar-refractivity contribution < 1.29 is 24.5 Å². The lowest BCUT2D eigenvalue weighted by atomic mass is 10.1. The number of hydrogen-bond acceptors (Lipinski definition) is 3. The van der Waals surface area contributed by atoms with Crippen LogP contribution in [0.3, 0.4) is 0 Å². The lowest BCUT2D eigenvalue weighted by molar-refractivity contribution is -0.133. The van der Waals surface area contributed by atoms with Crippen LogP contribution in [0.4, 0.5) is 4.79 Å². The molecule has 1 amide bonds. The van der Waals surface area contributed by atoms with E-state index in [1.54, 1.807) is 0 Å². The Hall–Kier alpha value is -1.56. The number of carbonyl (C=O) groups is 2. The minimum Gasteiger partial charge on any atom is -0.478 e. The fourth-order valence-electron chi connectivity index (χ4n) is 1.41. The van der Waals surface area contributed by atoms with Gasteiger partial charge in [-0.05, 0) is 0 Å². The second-order valence-corrected chi connectivity index (χ2v) is 2.87. The number of carboxylic acid groups (broad SMARTS) is 2. The molecule has 0 spiro atoms. The van der Waals surface area contributed by atoms with E-state index in [1.807, 2.05) is 0 Å². The quantitative estimate of drug-likeness (QED) is 0.671. The molecule has 14 heavy (non-hydrogen) atoms. The fraction of sp³-hybridized carbons (Fsp3) is 0.500. The summed E-state index contributed by atoms with van der Waals surface area (Å²) in [4.78, 5) is 22.4. The van der Waals surface area contributed by atoms with Crippen LogP contribution in [0.25, 0.3) is 0 Å². The van der Waals surface area contributed by atoms with Crippen LogP contribution in [0.5, 0.6) is 0 Å². The summed E-state index contributed by atoms with van der Waals surface area (Å²) in [5.74, 6) is -1.10. The molecule has 0 aromatic rings. The average Bonchev–Trinajstić information content (AvgIpc) is 2.48. The van der Waals surface area contributed by atoms with Crippen molar-refractivity contribution in [3.63, 3.8) is 0 Å². The predicted molar refractivity (Wildman–Crippen MR) is 46.1 cm³/mol. The molecule has 1 rings (SSSR count). The monoisotopic (exact) mass is 201 g/mol. The summed E-state index contributed by atoms with van der Waals surface area (Å²) in [6, 6.07) is -0.699. The molecule has 0 bridgehead atoms. The zero-order chi connectivity index (χ0) is 10.7. The summed E-state index contributed by atoms with van der Waals surface area (Å²) in [7, 11) is 1.40. The van der Waals surface area contributed by atoms with Gasteiger partial charge in [-0.25, -0.2) is 9.59 Å². The molecule has 0 aliphatic carbocycles. The van der Waals surface area contributed by atoms with Gasteiger partial charge in [0.25, 0.3) is 0 Å².